The van der Waals surface area contributed by atoms with E-state index >= 15 is 8.78 Å². The van der Waals surface area contributed by atoms with Gasteiger partial charge in [-0.15, -0.1) is 0 Å². The lowest BCUT2D eigenvalue weighted by Gasteiger charge is -2.63. The number of fused-ring (bicyclic) bond motifs is 5. The summed E-state index contributed by atoms with van der Waals surface area (Å²) >= 11 is 0. The number of halogens is 2. The molecule has 9 atom stereocenters. The molecular formula is C30H34F2N2O8. The number of amides is 1. The van der Waals surface area contributed by atoms with Crippen molar-refractivity contribution >= 4 is 23.3 Å². The summed E-state index contributed by atoms with van der Waals surface area (Å²) in [6, 6.07) is 4.82. The molecule has 0 spiro atoms. The zero-order valence-corrected chi connectivity index (χ0v) is 23.5. The zero-order chi connectivity index (χ0) is 30.8. The number of nitro groups is 1. The average Bonchev–Trinajstić information content (AvgIpc) is 3.16. The summed E-state index contributed by atoms with van der Waals surface area (Å²) in [6.45, 7) is 4.13. The van der Waals surface area contributed by atoms with Crippen LogP contribution in [-0.2, 0) is 14.3 Å². The highest BCUT2D eigenvalue weighted by Crippen LogP contribution is 2.71. The van der Waals surface area contributed by atoms with Crippen LogP contribution in [0, 0.1) is 38.7 Å². The number of rotatable bonds is 6. The molecule has 0 aliphatic heterocycles. The van der Waals surface area contributed by atoms with E-state index in [1.165, 1.54) is 37.3 Å². The van der Waals surface area contributed by atoms with E-state index in [1.807, 2.05) is 0 Å². The van der Waals surface area contributed by atoms with Gasteiger partial charge in [-0.3, -0.25) is 19.7 Å². The third kappa shape index (κ3) is 3.90. The summed E-state index contributed by atoms with van der Waals surface area (Å²) in [5.74, 6) is -4.89. The van der Waals surface area contributed by atoms with E-state index in [2.05, 4.69) is 5.32 Å². The number of hydrogen-bond donors (Lipinski definition) is 3. The highest BCUT2D eigenvalue weighted by Gasteiger charge is 2.78. The van der Waals surface area contributed by atoms with Crippen molar-refractivity contribution in [2.45, 2.75) is 63.6 Å². The maximum absolute atomic E-state index is 17.5. The van der Waals surface area contributed by atoms with Crippen molar-refractivity contribution in [3.05, 3.63) is 63.7 Å². The largest absolute Gasteiger partial charge is 0.444 e. The number of nitro benzene ring substituents is 1. The van der Waals surface area contributed by atoms with Gasteiger partial charge in [-0.25, -0.2) is 13.6 Å². The number of nitrogens with zero attached hydrogens (tertiary/aromatic N) is 1. The Hall–Kier alpha value is -3.51. The van der Waals surface area contributed by atoms with Crippen LogP contribution in [0.25, 0.3) is 0 Å². The Kier molecular flexibility index (Phi) is 7.17. The van der Waals surface area contributed by atoms with E-state index in [1.54, 1.807) is 13.8 Å². The first kappa shape index (κ1) is 30.0. The van der Waals surface area contributed by atoms with Gasteiger partial charge in [0.25, 0.3) is 11.6 Å². The number of aliphatic hydroxyl groups is 2. The molecule has 1 aromatic rings. The van der Waals surface area contributed by atoms with Crippen molar-refractivity contribution in [1.29, 1.82) is 0 Å². The second-order valence-corrected chi connectivity index (χ2v) is 12.4. The lowest BCUT2D eigenvalue weighted by molar-refractivity contribution is -0.384. The van der Waals surface area contributed by atoms with Gasteiger partial charge >= 0.3 is 5.97 Å². The Bertz CT molecular complexity index is 1420. The molecule has 12 heteroatoms. The minimum atomic E-state index is -2.40. The van der Waals surface area contributed by atoms with Gasteiger partial charge in [-0.05, 0) is 55.9 Å². The SMILES string of the molecule is CC1CC2C3CC(F)C4=CC(=O)C=CC4(C)C3(F)C(O)CC2(C)C1(OC(=O)c1cccc([N+](=O)[O-])c1)C(=O)NCCO. The maximum atomic E-state index is 17.5. The van der Waals surface area contributed by atoms with Crippen LogP contribution in [0.2, 0.25) is 0 Å². The Morgan fingerprint density at radius 2 is 1.95 bits per heavy atom. The fourth-order valence-electron chi connectivity index (χ4n) is 8.52. The molecule has 0 heterocycles. The number of ether oxygens (including phenoxy) is 1. The van der Waals surface area contributed by atoms with Crippen LogP contribution in [-0.4, -0.2) is 69.5 Å². The van der Waals surface area contributed by atoms with Gasteiger partial charge in [0.1, 0.15) is 6.17 Å². The van der Waals surface area contributed by atoms with Crippen LogP contribution in [0.3, 0.4) is 0 Å². The number of hydrogen-bond acceptors (Lipinski definition) is 8. The number of ketones is 1. The minimum absolute atomic E-state index is 0.0356. The summed E-state index contributed by atoms with van der Waals surface area (Å²) < 4.78 is 39.4. The molecule has 0 radical (unpaired) electrons. The average molecular weight is 589 g/mol. The molecule has 4 aliphatic carbocycles. The lowest BCUT2D eigenvalue weighted by Crippen LogP contribution is -2.71. The summed E-state index contributed by atoms with van der Waals surface area (Å²) in [6.07, 6.45) is -0.404. The number of allylic oxidation sites excluding steroid dienone is 4. The van der Waals surface area contributed by atoms with Crippen molar-refractivity contribution in [3.63, 3.8) is 0 Å². The quantitative estimate of drug-likeness (QED) is 0.260. The van der Waals surface area contributed by atoms with Crippen LogP contribution in [0.1, 0.15) is 50.4 Å². The fraction of sp³-hybridized carbons (Fsp3) is 0.567. The predicted octanol–water partition coefficient (Wildman–Crippen LogP) is 3.16. The van der Waals surface area contributed by atoms with E-state index in [0.717, 1.165) is 12.1 Å². The number of aliphatic hydroxyl groups excluding tert-OH is 2. The smallest absolute Gasteiger partial charge is 0.339 e. The number of carbonyl (C=O) groups excluding carboxylic acids is 3. The molecule has 3 N–H and O–H groups in total. The Labute approximate surface area is 241 Å². The van der Waals surface area contributed by atoms with E-state index in [4.69, 9.17) is 4.74 Å². The van der Waals surface area contributed by atoms with Gasteiger partial charge in [-0.1, -0.05) is 26.0 Å². The molecule has 3 fully saturated rings. The molecule has 42 heavy (non-hydrogen) atoms. The predicted molar refractivity (Wildman–Crippen MR) is 145 cm³/mol. The van der Waals surface area contributed by atoms with Gasteiger partial charge in [0.05, 0.1) is 23.2 Å². The number of alkyl halides is 2. The summed E-state index contributed by atoms with van der Waals surface area (Å²) in [4.78, 5) is 50.2. The molecule has 1 amide bonds. The van der Waals surface area contributed by atoms with E-state index in [0.29, 0.717) is 0 Å². The lowest BCUT2D eigenvalue weighted by atomic mass is 9.44. The van der Waals surface area contributed by atoms with Crippen LogP contribution in [0.5, 0.6) is 0 Å². The maximum Gasteiger partial charge on any atom is 0.339 e. The number of carbonyl (C=O) groups is 3. The molecular weight excluding hydrogens is 554 g/mol. The summed E-state index contributed by atoms with van der Waals surface area (Å²) in [5, 5.41) is 34.9. The fourth-order valence-corrected chi connectivity index (χ4v) is 8.52. The molecule has 0 saturated heterocycles. The van der Waals surface area contributed by atoms with Crippen molar-refractivity contribution in [3.8, 4) is 0 Å². The van der Waals surface area contributed by atoms with E-state index in [-0.39, 0.29) is 42.6 Å². The summed E-state index contributed by atoms with van der Waals surface area (Å²) in [7, 11) is 0. The zero-order valence-electron chi connectivity index (χ0n) is 23.5. The van der Waals surface area contributed by atoms with Crippen molar-refractivity contribution in [2.75, 3.05) is 13.2 Å². The highest BCUT2D eigenvalue weighted by molar-refractivity contribution is 6.01. The molecule has 1 aromatic carbocycles. The molecule has 0 aromatic heterocycles. The molecule has 3 saturated carbocycles. The second-order valence-electron chi connectivity index (χ2n) is 12.4. The van der Waals surface area contributed by atoms with E-state index in [9.17, 15) is 34.7 Å². The van der Waals surface area contributed by atoms with Gasteiger partial charge in [0, 0.05) is 41.3 Å². The third-order valence-electron chi connectivity index (χ3n) is 10.4. The van der Waals surface area contributed by atoms with Crippen LogP contribution in [0.4, 0.5) is 14.5 Å². The molecule has 5 rings (SSSR count). The second kappa shape index (κ2) is 10.0. The molecule has 9 unspecified atom stereocenters. The first-order chi connectivity index (χ1) is 19.7. The standard InChI is InChI=1S/C30H34F2N2O8/c1-16-11-20-21-14-23(31)22-13-19(36)7-8-27(22,2)29(21,32)24(37)15-28(20,3)30(16,26(39)33-9-10-35)42-25(38)17-5-4-6-18(12-17)34(40)41/h4-8,12-13,16,20-21,23-24,35,37H,9-11,14-15H2,1-3H3,(H,33,39). The number of nitrogens with one attached hydrogen (secondary N) is 1. The monoisotopic (exact) mass is 588 g/mol. The first-order valence-electron chi connectivity index (χ1n) is 14.0. The van der Waals surface area contributed by atoms with Crippen molar-refractivity contribution < 1.29 is 43.0 Å². The number of benzene rings is 1. The number of esters is 1. The molecule has 4 aliphatic rings. The normalized spacial score (nSPS) is 40.3. The van der Waals surface area contributed by atoms with Gasteiger partial charge in [0.15, 0.2) is 17.1 Å². The number of non-ortho nitro benzene ring substituents is 1. The first-order valence-corrected chi connectivity index (χ1v) is 14.0. The Morgan fingerprint density at radius 1 is 1.24 bits per heavy atom. The van der Waals surface area contributed by atoms with Crippen molar-refractivity contribution in [1.82, 2.24) is 5.32 Å². The molecule has 10 nitrogen and oxygen atoms in total. The third-order valence-corrected chi connectivity index (χ3v) is 10.4. The topological polar surface area (TPSA) is 156 Å². The van der Waals surface area contributed by atoms with Gasteiger partial charge in [-0.2, -0.15) is 0 Å². The molecule has 226 valence electrons. The van der Waals surface area contributed by atoms with Crippen LogP contribution >= 0.6 is 0 Å². The van der Waals surface area contributed by atoms with Crippen LogP contribution < -0.4 is 5.32 Å². The highest BCUT2D eigenvalue weighted by atomic mass is 19.1. The Balaban J connectivity index is 1.62. The van der Waals surface area contributed by atoms with Crippen LogP contribution in [0.15, 0.2) is 48.1 Å². The molecule has 0 bridgehead atoms. The van der Waals surface area contributed by atoms with Crippen molar-refractivity contribution in [2.24, 2.45) is 28.6 Å². The van der Waals surface area contributed by atoms with Gasteiger partial charge in [0.2, 0.25) is 0 Å². The summed E-state index contributed by atoms with van der Waals surface area (Å²) in [5.41, 5.74) is -8.02. The minimum Gasteiger partial charge on any atom is -0.444 e. The Morgan fingerprint density at radius 3 is 2.62 bits per heavy atom. The van der Waals surface area contributed by atoms with E-state index < -0.39 is 81.3 Å². The van der Waals surface area contributed by atoms with Gasteiger partial charge < -0.3 is 20.3 Å².